The van der Waals surface area contributed by atoms with E-state index in [2.05, 4.69) is 5.32 Å². The Hall–Kier alpha value is -2.82. The number of ether oxygens (including phenoxy) is 1. The van der Waals surface area contributed by atoms with Crippen molar-refractivity contribution >= 4 is 11.9 Å². The van der Waals surface area contributed by atoms with Crippen molar-refractivity contribution in [3.05, 3.63) is 65.2 Å². The highest BCUT2D eigenvalue weighted by atomic mass is 16.5. The van der Waals surface area contributed by atoms with Crippen molar-refractivity contribution in [3.8, 4) is 5.75 Å². The maximum absolute atomic E-state index is 12.1. The van der Waals surface area contributed by atoms with Crippen molar-refractivity contribution in [2.45, 2.75) is 19.8 Å². The fraction of sp³-hybridized carbons (Fsp3) is 0.300. The van der Waals surface area contributed by atoms with E-state index >= 15 is 0 Å². The lowest BCUT2D eigenvalue weighted by Gasteiger charge is -2.15. The summed E-state index contributed by atoms with van der Waals surface area (Å²) in [7, 11) is 1.55. The molecule has 2 rings (SSSR count). The number of nitrogens with one attached hydrogen (secondary N) is 1. The quantitative estimate of drug-likeness (QED) is 0.774. The van der Waals surface area contributed by atoms with E-state index in [4.69, 9.17) is 4.74 Å². The molecule has 0 bridgehead atoms. The number of carboxylic acids is 1. The van der Waals surface area contributed by atoms with Crippen molar-refractivity contribution in [1.82, 2.24) is 5.32 Å². The molecule has 1 atom stereocenters. The fourth-order valence-electron chi connectivity index (χ4n) is 2.66. The highest BCUT2D eigenvalue weighted by Gasteiger charge is 2.20. The van der Waals surface area contributed by atoms with E-state index in [1.807, 2.05) is 49.4 Å². The molecule has 0 radical (unpaired) electrons. The number of carboxylic acid groups (broad SMARTS) is 1. The van der Waals surface area contributed by atoms with E-state index in [1.165, 1.54) is 0 Å². The molecule has 0 saturated carbocycles. The van der Waals surface area contributed by atoms with Gasteiger partial charge in [-0.15, -0.1) is 0 Å². The minimum atomic E-state index is -0.943. The molecule has 1 unspecified atom stereocenters. The molecular weight excluding hydrogens is 318 g/mol. The van der Waals surface area contributed by atoms with E-state index < -0.39 is 11.9 Å². The zero-order valence-corrected chi connectivity index (χ0v) is 14.5. The second-order valence-corrected chi connectivity index (χ2v) is 5.96. The summed E-state index contributed by atoms with van der Waals surface area (Å²) in [6, 6.07) is 15.0. The van der Waals surface area contributed by atoms with Gasteiger partial charge < -0.3 is 15.2 Å². The normalized spacial score (nSPS) is 11.6. The Morgan fingerprint density at radius 3 is 2.36 bits per heavy atom. The van der Waals surface area contributed by atoms with Gasteiger partial charge in [0.25, 0.3) is 0 Å². The standard InChI is InChI=1S/C20H23NO4/c1-14-7-3-4-8-15(14)12-19(22)21-13-17(20(23)24)11-16-9-5-6-10-18(16)25-2/h3-10,17H,11-13H2,1-2H3,(H,21,22)(H,23,24). The highest BCUT2D eigenvalue weighted by molar-refractivity contribution is 5.80. The average Bonchev–Trinajstić information content (AvgIpc) is 2.60. The van der Waals surface area contributed by atoms with Gasteiger partial charge in [0.05, 0.1) is 19.4 Å². The third kappa shape index (κ3) is 5.35. The van der Waals surface area contributed by atoms with Gasteiger partial charge >= 0.3 is 5.97 Å². The summed E-state index contributed by atoms with van der Waals surface area (Å²) in [5.74, 6) is -1.18. The van der Waals surface area contributed by atoms with E-state index in [0.29, 0.717) is 12.2 Å². The Morgan fingerprint density at radius 1 is 1.08 bits per heavy atom. The van der Waals surface area contributed by atoms with Crippen LogP contribution >= 0.6 is 0 Å². The maximum Gasteiger partial charge on any atom is 0.308 e. The molecule has 132 valence electrons. The van der Waals surface area contributed by atoms with Crippen LogP contribution in [0, 0.1) is 12.8 Å². The van der Waals surface area contributed by atoms with Crippen LogP contribution < -0.4 is 10.1 Å². The number of para-hydroxylation sites is 1. The van der Waals surface area contributed by atoms with E-state index in [-0.39, 0.29) is 18.9 Å². The summed E-state index contributed by atoms with van der Waals surface area (Å²) in [4.78, 5) is 23.7. The van der Waals surface area contributed by atoms with Crippen LogP contribution in [0.2, 0.25) is 0 Å². The lowest BCUT2D eigenvalue weighted by atomic mass is 9.98. The first-order valence-electron chi connectivity index (χ1n) is 8.17. The molecule has 2 N–H and O–H groups in total. The topological polar surface area (TPSA) is 75.6 Å². The van der Waals surface area contributed by atoms with Crippen molar-refractivity contribution in [1.29, 1.82) is 0 Å². The zero-order chi connectivity index (χ0) is 18.2. The Bertz CT molecular complexity index is 742. The summed E-state index contributed by atoms with van der Waals surface area (Å²) in [5, 5.41) is 12.2. The molecule has 5 nitrogen and oxygen atoms in total. The van der Waals surface area contributed by atoms with Crippen molar-refractivity contribution in [3.63, 3.8) is 0 Å². The lowest BCUT2D eigenvalue weighted by molar-refractivity contribution is -0.141. The van der Waals surface area contributed by atoms with Crippen molar-refractivity contribution in [2.75, 3.05) is 13.7 Å². The smallest absolute Gasteiger partial charge is 0.308 e. The Morgan fingerprint density at radius 2 is 1.72 bits per heavy atom. The molecule has 0 heterocycles. The van der Waals surface area contributed by atoms with Gasteiger partial charge in [-0.25, -0.2) is 0 Å². The number of aryl methyl sites for hydroxylation is 1. The maximum atomic E-state index is 12.1. The number of amides is 1. The first-order valence-corrected chi connectivity index (χ1v) is 8.17. The second-order valence-electron chi connectivity index (χ2n) is 5.96. The molecule has 0 spiro atoms. The number of benzene rings is 2. The SMILES string of the molecule is COc1ccccc1CC(CNC(=O)Cc1ccccc1C)C(=O)O. The van der Waals surface area contributed by atoms with Gasteiger partial charge in [0.1, 0.15) is 5.75 Å². The number of aliphatic carboxylic acids is 1. The molecular formula is C20H23NO4. The molecule has 2 aromatic carbocycles. The molecule has 25 heavy (non-hydrogen) atoms. The Balaban J connectivity index is 1.96. The summed E-state index contributed by atoms with van der Waals surface area (Å²) in [5.41, 5.74) is 2.80. The van der Waals surface area contributed by atoms with Gasteiger partial charge in [0.2, 0.25) is 5.91 Å². The third-order valence-electron chi connectivity index (χ3n) is 4.17. The number of carbonyl (C=O) groups excluding carboxylic acids is 1. The van der Waals surface area contributed by atoms with Crippen LogP contribution in [0.5, 0.6) is 5.75 Å². The molecule has 0 saturated heterocycles. The van der Waals surface area contributed by atoms with E-state index in [9.17, 15) is 14.7 Å². The second kappa shape index (κ2) is 8.87. The zero-order valence-electron chi connectivity index (χ0n) is 14.5. The van der Waals surface area contributed by atoms with Crippen LogP contribution in [0.1, 0.15) is 16.7 Å². The molecule has 0 aliphatic carbocycles. The van der Waals surface area contributed by atoms with Gasteiger partial charge in [-0.1, -0.05) is 42.5 Å². The average molecular weight is 341 g/mol. The van der Waals surface area contributed by atoms with Crippen LogP contribution in [0.4, 0.5) is 0 Å². The van der Waals surface area contributed by atoms with Gasteiger partial charge in [0, 0.05) is 6.54 Å². The predicted molar refractivity (Wildman–Crippen MR) is 95.7 cm³/mol. The fourth-order valence-corrected chi connectivity index (χ4v) is 2.66. The summed E-state index contributed by atoms with van der Waals surface area (Å²) in [6.45, 7) is 2.03. The van der Waals surface area contributed by atoms with Crippen LogP contribution in [0.3, 0.4) is 0 Å². The number of hydrogen-bond acceptors (Lipinski definition) is 3. The number of methoxy groups -OCH3 is 1. The first-order chi connectivity index (χ1) is 12.0. The third-order valence-corrected chi connectivity index (χ3v) is 4.17. The molecule has 2 aromatic rings. The number of carbonyl (C=O) groups is 2. The minimum absolute atomic E-state index is 0.0814. The summed E-state index contributed by atoms with van der Waals surface area (Å²) < 4.78 is 5.26. The van der Waals surface area contributed by atoms with Crippen molar-refractivity contribution in [2.24, 2.45) is 5.92 Å². The Kier molecular flexibility index (Phi) is 6.57. The van der Waals surface area contributed by atoms with Crippen LogP contribution in [0.25, 0.3) is 0 Å². The van der Waals surface area contributed by atoms with Crippen LogP contribution in [0.15, 0.2) is 48.5 Å². The van der Waals surface area contributed by atoms with Gasteiger partial charge in [-0.05, 0) is 36.1 Å². The van der Waals surface area contributed by atoms with Crippen LogP contribution in [-0.4, -0.2) is 30.6 Å². The number of hydrogen-bond donors (Lipinski definition) is 2. The van der Waals surface area contributed by atoms with Gasteiger partial charge in [0.15, 0.2) is 0 Å². The summed E-state index contributed by atoms with van der Waals surface area (Å²) in [6.07, 6.45) is 0.539. The van der Waals surface area contributed by atoms with E-state index in [1.54, 1.807) is 13.2 Å². The largest absolute Gasteiger partial charge is 0.496 e. The Labute approximate surface area is 147 Å². The van der Waals surface area contributed by atoms with Crippen molar-refractivity contribution < 1.29 is 19.4 Å². The van der Waals surface area contributed by atoms with Crippen LogP contribution in [-0.2, 0) is 22.4 Å². The van der Waals surface area contributed by atoms with Gasteiger partial charge in [-0.3, -0.25) is 9.59 Å². The molecule has 5 heteroatoms. The predicted octanol–water partition coefficient (Wildman–Crippen LogP) is 2.61. The summed E-state index contributed by atoms with van der Waals surface area (Å²) >= 11 is 0. The molecule has 0 aliphatic rings. The minimum Gasteiger partial charge on any atom is -0.496 e. The van der Waals surface area contributed by atoms with E-state index in [0.717, 1.165) is 16.7 Å². The highest BCUT2D eigenvalue weighted by Crippen LogP contribution is 2.21. The van der Waals surface area contributed by atoms with Gasteiger partial charge in [-0.2, -0.15) is 0 Å². The molecule has 1 amide bonds. The molecule has 0 fully saturated rings. The molecule has 0 aliphatic heterocycles. The monoisotopic (exact) mass is 341 g/mol. The number of rotatable bonds is 8. The first kappa shape index (κ1) is 18.5. The lowest BCUT2D eigenvalue weighted by Crippen LogP contribution is -2.35. The molecule has 0 aromatic heterocycles.